The van der Waals surface area contributed by atoms with E-state index in [1.54, 1.807) is 5.32 Å². The zero-order valence-corrected chi connectivity index (χ0v) is 24.1. The number of hydrogen-bond acceptors (Lipinski definition) is 3. The molecule has 2 amide bonds. The fraction of sp³-hybridized carbons (Fsp3) is 0.286. The maximum atomic E-state index is 15.8. The van der Waals surface area contributed by atoms with Gasteiger partial charge in [0, 0.05) is 16.6 Å². The third-order valence-electron chi connectivity index (χ3n) is 6.76. The number of amides is 2. The normalized spacial score (nSPS) is 14.0. The zero-order valence-electron chi connectivity index (χ0n) is 22.5. The highest BCUT2D eigenvalue weighted by Gasteiger charge is 2.73. The molecule has 248 valence electrons. The van der Waals surface area contributed by atoms with Crippen LogP contribution in [0, 0.1) is 23.4 Å². The van der Waals surface area contributed by atoms with Crippen molar-refractivity contribution < 1.29 is 67.0 Å². The van der Waals surface area contributed by atoms with Crippen LogP contribution in [0.3, 0.4) is 0 Å². The summed E-state index contributed by atoms with van der Waals surface area (Å²) < 4.78 is 168. The summed E-state index contributed by atoms with van der Waals surface area (Å²) in [5.41, 5.74) is -12.0. The second-order valence-electron chi connectivity index (χ2n) is 9.91. The second kappa shape index (κ2) is 12.7. The van der Waals surface area contributed by atoms with Crippen LogP contribution in [0.5, 0.6) is 5.75 Å². The standard InChI is InChI=1S/C28H17BrF12N2O3/c29-15-9-13(26(35,27(36,37)38)28(39,40)41)10-19(46-25(33)34)22(15)42-23(44)14-3-1-6-18(21(14)32)43(11-12-7-8-12)24(45)20-16(30)4-2-5-17(20)31/h1-6,9-10,12,25H,7-8,11H2,(H,42,44). The first-order valence-electron chi connectivity index (χ1n) is 12.7. The van der Waals surface area contributed by atoms with Crippen LogP contribution in [0.1, 0.15) is 39.1 Å². The Morgan fingerprint density at radius 3 is 2.00 bits per heavy atom. The van der Waals surface area contributed by atoms with Gasteiger partial charge in [0.1, 0.15) is 17.2 Å². The minimum absolute atomic E-state index is 0.0965. The molecule has 3 aromatic carbocycles. The summed E-state index contributed by atoms with van der Waals surface area (Å²) >= 11 is 2.51. The number of carbonyl (C=O) groups excluding carboxylic acids is 2. The lowest BCUT2D eigenvalue weighted by atomic mass is 9.93. The summed E-state index contributed by atoms with van der Waals surface area (Å²) in [7, 11) is 0. The minimum Gasteiger partial charge on any atom is -0.433 e. The van der Waals surface area contributed by atoms with Gasteiger partial charge in [-0.15, -0.1) is 0 Å². The molecule has 4 rings (SSSR count). The molecule has 1 aliphatic carbocycles. The first kappa shape index (κ1) is 34.9. The van der Waals surface area contributed by atoms with Crippen molar-refractivity contribution in [1.82, 2.24) is 0 Å². The Hall–Kier alpha value is -3.96. The molecule has 46 heavy (non-hydrogen) atoms. The maximum Gasteiger partial charge on any atom is 0.435 e. The Morgan fingerprint density at radius 1 is 0.913 bits per heavy atom. The molecule has 0 aromatic heterocycles. The number of carbonyl (C=O) groups is 2. The van der Waals surface area contributed by atoms with Gasteiger partial charge in [0.2, 0.25) is 0 Å². The highest BCUT2D eigenvalue weighted by molar-refractivity contribution is 9.10. The topological polar surface area (TPSA) is 58.6 Å². The first-order valence-corrected chi connectivity index (χ1v) is 13.5. The Labute approximate surface area is 259 Å². The third kappa shape index (κ3) is 6.76. The monoisotopic (exact) mass is 736 g/mol. The van der Waals surface area contributed by atoms with E-state index in [4.69, 9.17) is 0 Å². The predicted molar refractivity (Wildman–Crippen MR) is 141 cm³/mol. The molecule has 1 saturated carbocycles. The number of alkyl halides is 9. The van der Waals surface area contributed by atoms with E-state index in [-0.39, 0.29) is 24.6 Å². The average molecular weight is 737 g/mol. The van der Waals surface area contributed by atoms with Gasteiger partial charge in [-0.25, -0.2) is 17.6 Å². The van der Waals surface area contributed by atoms with Crippen molar-refractivity contribution in [2.24, 2.45) is 5.92 Å². The van der Waals surface area contributed by atoms with Crippen molar-refractivity contribution in [2.75, 3.05) is 16.8 Å². The number of anilines is 2. The molecule has 0 spiro atoms. The lowest BCUT2D eigenvalue weighted by Crippen LogP contribution is -2.50. The van der Waals surface area contributed by atoms with Crippen LogP contribution in [0.25, 0.3) is 0 Å². The summed E-state index contributed by atoms with van der Waals surface area (Å²) in [5, 5.41) is 1.80. The van der Waals surface area contributed by atoms with Crippen molar-refractivity contribution in [2.45, 2.75) is 37.5 Å². The smallest absolute Gasteiger partial charge is 0.433 e. The number of rotatable bonds is 9. The minimum atomic E-state index is -6.63. The molecule has 5 nitrogen and oxygen atoms in total. The van der Waals surface area contributed by atoms with Gasteiger partial charge < -0.3 is 15.0 Å². The number of halogens is 13. The van der Waals surface area contributed by atoms with Crippen LogP contribution in [0.4, 0.5) is 64.1 Å². The SMILES string of the molecule is O=C(Nc1c(Br)cc(C(F)(C(F)(F)F)C(F)(F)F)cc1OC(F)F)c1cccc(N(CC2CC2)C(=O)c2c(F)cccc2F)c1F. The number of ether oxygens (including phenoxy) is 1. The molecule has 0 saturated heterocycles. The van der Waals surface area contributed by atoms with E-state index >= 15 is 4.39 Å². The van der Waals surface area contributed by atoms with Crippen molar-refractivity contribution in [3.63, 3.8) is 0 Å². The van der Waals surface area contributed by atoms with Crippen molar-refractivity contribution in [1.29, 1.82) is 0 Å². The van der Waals surface area contributed by atoms with Gasteiger partial charge in [-0.05, 0) is 71.1 Å². The van der Waals surface area contributed by atoms with Gasteiger partial charge in [-0.3, -0.25) is 9.59 Å². The van der Waals surface area contributed by atoms with E-state index in [0.29, 0.717) is 17.7 Å². The van der Waals surface area contributed by atoms with Gasteiger partial charge in [-0.2, -0.15) is 35.1 Å². The molecule has 1 fully saturated rings. The molecule has 0 aliphatic heterocycles. The number of benzene rings is 3. The number of nitrogens with one attached hydrogen (secondary N) is 1. The zero-order chi connectivity index (χ0) is 34.4. The molecule has 0 bridgehead atoms. The van der Waals surface area contributed by atoms with E-state index in [1.807, 2.05) is 0 Å². The van der Waals surface area contributed by atoms with Crippen molar-refractivity contribution >= 4 is 39.1 Å². The summed E-state index contributed by atoms with van der Waals surface area (Å²) in [4.78, 5) is 27.0. The molecule has 0 unspecified atom stereocenters. The van der Waals surface area contributed by atoms with Gasteiger partial charge in [0.25, 0.3) is 11.8 Å². The Balaban J connectivity index is 1.77. The highest BCUT2D eigenvalue weighted by Crippen LogP contribution is 2.55. The lowest BCUT2D eigenvalue weighted by molar-refractivity contribution is -0.348. The molecule has 0 atom stereocenters. The largest absolute Gasteiger partial charge is 0.435 e. The van der Waals surface area contributed by atoms with Gasteiger partial charge in [-0.1, -0.05) is 12.1 Å². The number of hydrogen-bond donors (Lipinski definition) is 1. The molecular formula is C28H17BrF12N2O3. The Bertz CT molecular complexity index is 1620. The van der Waals surface area contributed by atoms with Gasteiger partial charge in [0.05, 0.1) is 16.9 Å². The van der Waals surface area contributed by atoms with E-state index in [0.717, 1.165) is 36.4 Å². The number of nitrogens with zero attached hydrogens (tertiary/aromatic N) is 1. The Kier molecular flexibility index (Phi) is 9.62. The molecular weight excluding hydrogens is 720 g/mol. The maximum absolute atomic E-state index is 15.8. The van der Waals surface area contributed by atoms with Crippen LogP contribution in [0.15, 0.2) is 53.0 Å². The van der Waals surface area contributed by atoms with Crippen LogP contribution in [-0.4, -0.2) is 37.3 Å². The fourth-order valence-corrected chi connectivity index (χ4v) is 4.89. The summed E-state index contributed by atoms with van der Waals surface area (Å²) in [6.45, 7) is -4.15. The van der Waals surface area contributed by atoms with Crippen molar-refractivity contribution in [3.05, 3.63) is 87.1 Å². The summed E-state index contributed by atoms with van der Waals surface area (Å²) in [6, 6.07) is 4.89. The van der Waals surface area contributed by atoms with E-state index in [9.17, 15) is 57.9 Å². The van der Waals surface area contributed by atoms with Gasteiger partial charge in [0.15, 0.2) is 11.6 Å². The molecule has 3 aromatic rings. The Morgan fingerprint density at radius 2 is 1.48 bits per heavy atom. The van der Waals surface area contributed by atoms with E-state index in [1.165, 1.54) is 0 Å². The highest BCUT2D eigenvalue weighted by atomic mass is 79.9. The predicted octanol–water partition coefficient (Wildman–Crippen LogP) is 9.07. The van der Waals surface area contributed by atoms with Crippen LogP contribution in [0.2, 0.25) is 0 Å². The van der Waals surface area contributed by atoms with Crippen LogP contribution >= 0.6 is 15.9 Å². The molecule has 0 radical (unpaired) electrons. The molecule has 1 aliphatic rings. The quantitative estimate of drug-likeness (QED) is 0.223. The van der Waals surface area contributed by atoms with E-state index in [2.05, 4.69) is 20.7 Å². The van der Waals surface area contributed by atoms with Gasteiger partial charge >= 0.3 is 24.6 Å². The fourth-order valence-electron chi connectivity index (χ4n) is 4.35. The third-order valence-corrected chi connectivity index (χ3v) is 7.39. The molecule has 0 heterocycles. The average Bonchev–Trinajstić information content (AvgIpc) is 3.75. The van der Waals surface area contributed by atoms with E-state index < -0.39 is 92.2 Å². The lowest BCUT2D eigenvalue weighted by Gasteiger charge is -2.31. The summed E-state index contributed by atoms with van der Waals surface area (Å²) in [6.07, 6.45) is -12.1. The molecule has 18 heteroatoms. The van der Waals surface area contributed by atoms with Crippen LogP contribution in [-0.2, 0) is 5.67 Å². The molecule has 1 N–H and O–H groups in total. The first-order chi connectivity index (χ1) is 21.3. The van der Waals surface area contributed by atoms with Crippen molar-refractivity contribution in [3.8, 4) is 5.75 Å². The van der Waals surface area contributed by atoms with Crippen LogP contribution < -0.4 is 15.0 Å². The summed E-state index contributed by atoms with van der Waals surface area (Å²) in [5.74, 6) is -8.65. The second-order valence-corrected chi connectivity index (χ2v) is 10.8.